The van der Waals surface area contributed by atoms with Crippen LogP contribution in [-0.4, -0.2) is 35.0 Å². The van der Waals surface area contributed by atoms with Crippen molar-refractivity contribution in [2.45, 2.75) is 109 Å². The van der Waals surface area contributed by atoms with Crippen molar-refractivity contribution < 1.29 is 19.7 Å². The van der Waals surface area contributed by atoms with Crippen LogP contribution < -0.4 is 0 Å². The molecule has 0 saturated heterocycles. The number of carbonyl (C=O) groups is 1. The van der Waals surface area contributed by atoms with Crippen molar-refractivity contribution in [2.75, 3.05) is 6.61 Å². The van der Waals surface area contributed by atoms with Crippen LogP contribution in [0.1, 0.15) is 107 Å². The van der Waals surface area contributed by atoms with Gasteiger partial charge in [0.1, 0.15) is 6.10 Å². The number of unbranched alkanes of at least 4 members (excludes halogenated alkanes) is 10. The van der Waals surface area contributed by atoms with E-state index in [9.17, 15) is 9.90 Å². The van der Waals surface area contributed by atoms with Crippen molar-refractivity contribution in [1.29, 1.82) is 0 Å². The third-order valence-electron chi connectivity index (χ3n) is 5.45. The first kappa shape index (κ1) is 25.6. The van der Waals surface area contributed by atoms with Crippen molar-refractivity contribution in [3.8, 4) is 0 Å². The van der Waals surface area contributed by atoms with E-state index in [1.54, 1.807) is 12.1 Å². The lowest BCUT2D eigenvalue weighted by molar-refractivity contribution is 0.0175. The van der Waals surface area contributed by atoms with E-state index in [1.807, 2.05) is 18.2 Å². The molecule has 4 nitrogen and oxygen atoms in total. The van der Waals surface area contributed by atoms with Gasteiger partial charge in [0.15, 0.2) is 0 Å². The van der Waals surface area contributed by atoms with E-state index in [0.717, 1.165) is 19.3 Å². The lowest BCUT2D eigenvalue weighted by atomic mass is 10.0. The van der Waals surface area contributed by atoms with E-state index in [0.29, 0.717) is 18.4 Å². The predicted octanol–water partition coefficient (Wildman–Crippen LogP) is 6.05. The Bertz CT molecular complexity index is 503. The monoisotopic (exact) mass is 406 g/mol. The Morgan fingerprint density at radius 1 is 0.828 bits per heavy atom. The molecule has 29 heavy (non-hydrogen) atoms. The highest BCUT2D eigenvalue weighted by Gasteiger charge is 2.17. The number of hydrogen-bond donors (Lipinski definition) is 2. The van der Waals surface area contributed by atoms with Gasteiger partial charge in [-0.3, -0.25) is 0 Å². The lowest BCUT2D eigenvalue weighted by Gasteiger charge is -2.19. The van der Waals surface area contributed by atoms with Gasteiger partial charge in [-0.25, -0.2) is 4.79 Å². The quantitative estimate of drug-likeness (QED) is 0.230. The first-order valence-corrected chi connectivity index (χ1v) is 11.7. The van der Waals surface area contributed by atoms with Crippen molar-refractivity contribution in [2.24, 2.45) is 0 Å². The summed E-state index contributed by atoms with van der Waals surface area (Å²) in [6, 6.07) is 9.03. The van der Waals surface area contributed by atoms with Crippen LogP contribution in [0.25, 0.3) is 0 Å². The minimum atomic E-state index is -0.745. The van der Waals surface area contributed by atoms with Crippen molar-refractivity contribution in [3.63, 3.8) is 0 Å². The maximum absolute atomic E-state index is 12.3. The van der Waals surface area contributed by atoms with Crippen LogP contribution in [0.15, 0.2) is 30.3 Å². The molecule has 0 aliphatic heterocycles. The zero-order valence-corrected chi connectivity index (χ0v) is 18.4. The minimum Gasteiger partial charge on any atom is -0.459 e. The first-order valence-electron chi connectivity index (χ1n) is 11.7. The molecule has 0 aromatic heterocycles. The fourth-order valence-electron chi connectivity index (χ4n) is 3.56. The average Bonchev–Trinajstić information content (AvgIpc) is 2.75. The zero-order valence-electron chi connectivity index (χ0n) is 18.4. The fraction of sp³-hybridized carbons (Fsp3) is 0.720. The molecule has 1 aromatic carbocycles. The van der Waals surface area contributed by atoms with Crippen LogP contribution in [0.3, 0.4) is 0 Å². The highest BCUT2D eigenvalue weighted by molar-refractivity contribution is 5.89. The molecule has 0 radical (unpaired) electrons. The summed E-state index contributed by atoms with van der Waals surface area (Å²) in [4.78, 5) is 12.3. The number of rotatable bonds is 18. The van der Waals surface area contributed by atoms with Crippen LogP contribution in [0, 0.1) is 0 Å². The summed E-state index contributed by atoms with van der Waals surface area (Å²) < 4.78 is 5.69. The third kappa shape index (κ3) is 13.5. The maximum atomic E-state index is 12.3. The molecule has 0 aliphatic carbocycles. The SMILES string of the molecule is CCCCCCCCCCCCCC(CCC(O)CO)OC(=O)c1ccccc1. The topological polar surface area (TPSA) is 66.8 Å². The molecule has 0 amide bonds. The highest BCUT2D eigenvalue weighted by atomic mass is 16.5. The average molecular weight is 407 g/mol. The molecule has 0 aliphatic rings. The van der Waals surface area contributed by atoms with Gasteiger partial charge in [-0.2, -0.15) is 0 Å². The summed E-state index contributed by atoms with van der Waals surface area (Å²) in [5.74, 6) is -0.308. The number of benzene rings is 1. The van der Waals surface area contributed by atoms with E-state index in [1.165, 1.54) is 57.8 Å². The van der Waals surface area contributed by atoms with E-state index in [2.05, 4.69) is 6.92 Å². The Morgan fingerprint density at radius 3 is 1.93 bits per heavy atom. The van der Waals surface area contributed by atoms with Crippen LogP contribution in [0.5, 0.6) is 0 Å². The summed E-state index contributed by atoms with van der Waals surface area (Å²) in [5.41, 5.74) is 0.555. The summed E-state index contributed by atoms with van der Waals surface area (Å²) in [6.07, 6.45) is 15.0. The molecule has 1 aromatic rings. The second kappa shape index (κ2) is 17.5. The van der Waals surface area contributed by atoms with Gasteiger partial charge in [-0.15, -0.1) is 0 Å². The normalized spacial score (nSPS) is 13.2. The Kier molecular flexibility index (Phi) is 15.4. The molecular formula is C25H42O4. The van der Waals surface area contributed by atoms with E-state index in [-0.39, 0.29) is 18.7 Å². The van der Waals surface area contributed by atoms with Crippen molar-refractivity contribution >= 4 is 5.97 Å². The predicted molar refractivity (Wildman–Crippen MR) is 119 cm³/mol. The maximum Gasteiger partial charge on any atom is 0.338 e. The summed E-state index contributed by atoms with van der Waals surface area (Å²) in [5, 5.41) is 18.7. The molecule has 166 valence electrons. The standard InChI is InChI=1S/C25H42O4/c1-2-3-4-5-6-7-8-9-10-11-15-18-24(20-19-23(27)21-26)29-25(28)22-16-13-12-14-17-22/h12-14,16-17,23-24,26-27H,2-11,15,18-21H2,1H3. The molecule has 0 spiro atoms. The van der Waals surface area contributed by atoms with Crippen molar-refractivity contribution in [1.82, 2.24) is 0 Å². The molecular weight excluding hydrogens is 364 g/mol. The summed E-state index contributed by atoms with van der Waals surface area (Å²) in [7, 11) is 0. The van der Waals surface area contributed by atoms with Gasteiger partial charge in [-0.1, -0.05) is 89.3 Å². The Morgan fingerprint density at radius 2 is 1.38 bits per heavy atom. The lowest BCUT2D eigenvalue weighted by Crippen LogP contribution is -2.22. The number of esters is 1. The fourth-order valence-corrected chi connectivity index (χ4v) is 3.56. The van der Waals surface area contributed by atoms with E-state index < -0.39 is 6.10 Å². The van der Waals surface area contributed by atoms with Gasteiger partial charge < -0.3 is 14.9 Å². The Balaban J connectivity index is 2.22. The molecule has 4 heteroatoms. The van der Waals surface area contributed by atoms with Crippen LogP contribution in [0.2, 0.25) is 0 Å². The van der Waals surface area contributed by atoms with Crippen LogP contribution in [-0.2, 0) is 4.74 Å². The van der Waals surface area contributed by atoms with Crippen molar-refractivity contribution in [3.05, 3.63) is 35.9 Å². The second-order valence-corrected chi connectivity index (χ2v) is 8.13. The van der Waals surface area contributed by atoms with Gasteiger partial charge in [0.25, 0.3) is 0 Å². The minimum absolute atomic E-state index is 0.206. The van der Waals surface area contributed by atoms with Gasteiger partial charge in [0, 0.05) is 0 Å². The largest absolute Gasteiger partial charge is 0.459 e. The highest BCUT2D eigenvalue weighted by Crippen LogP contribution is 2.18. The molecule has 0 heterocycles. The van der Waals surface area contributed by atoms with Crippen LogP contribution in [0.4, 0.5) is 0 Å². The Labute approximate surface area is 177 Å². The number of hydrogen-bond acceptors (Lipinski definition) is 4. The first-order chi connectivity index (χ1) is 14.2. The summed E-state index contributed by atoms with van der Waals surface area (Å²) >= 11 is 0. The third-order valence-corrected chi connectivity index (χ3v) is 5.45. The van der Waals surface area contributed by atoms with E-state index >= 15 is 0 Å². The molecule has 0 bridgehead atoms. The number of carbonyl (C=O) groups excluding carboxylic acids is 1. The Hall–Kier alpha value is -1.39. The van der Waals surface area contributed by atoms with Gasteiger partial charge in [-0.05, 0) is 37.8 Å². The van der Waals surface area contributed by atoms with Gasteiger partial charge in [0.05, 0.1) is 18.3 Å². The molecule has 0 fully saturated rings. The molecule has 2 unspecified atom stereocenters. The number of aliphatic hydroxyl groups excluding tert-OH is 2. The molecule has 0 saturated carbocycles. The van der Waals surface area contributed by atoms with Gasteiger partial charge in [0.2, 0.25) is 0 Å². The molecule has 1 rings (SSSR count). The summed E-state index contributed by atoms with van der Waals surface area (Å²) in [6.45, 7) is 2.00. The zero-order chi connectivity index (χ0) is 21.2. The smallest absolute Gasteiger partial charge is 0.338 e. The number of aliphatic hydroxyl groups is 2. The van der Waals surface area contributed by atoms with Gasteiger partial charge >= 0.3 is 5.97 Å². The number of ether oxygens (including phenoxy) is 1. The molecule has 2 N–H and O–H groups in total. The van der Waals surface area contributed by atoms with E-state index in [4.69, 9.17) is 9.84 Å². The van der Waals surface area contributed by atoms with Crippen LogP contribution >= 0.6 is 0 Å². The molecule has 2 atom stereocenters. The second-order valence-electron chi connectivity index (χ2n) is 8.13.